The normalized spacial score (nSPS) is 11.4. The van der Waals surface area contributed by atoms with Crippen LogP contribution in [-0.2, 0) is 4.74 Å². The average molecular weight is 366 g/mol. The molecule has 0 atom stereocenters. The lowest BCUT2D eigenvalue weighted by molar-refractivity contribution is 0.00542. The number of hydrogen-bond donors (Lipinski definition) is 0. The number of carbonyl (C=O) groups excluding carboxylic acids is 1. The van der Waals surface area contributed by atoms with E-state index < -0.39 is 11.6 Å². The zero-order valence-electron chi connectivity index (χ0n) is 10.5. The Labute approximate surface area is 119 Å². The standard InChI is InChI=1S/C11H15IN2O2S/c1-6-7(12)9(17-5)14-8(13-6)10(15)16-11(2,3)4/h1-5H3. The molecule has 0 aromatic carbocycles. The maximum absolute atomic E-state index is 11.8. The fraction of sp³-hybridized carbons (Fsp3) is 0.545. The second kappa shape index (κ2) is 5.51. The molecule has 0 fully saturated rings. The van der Waals surface area contributed by atoms with Gasteiger partial charge >= 0.3 is 5.97 Å². The zero-order chi connectivity index (χ0) is 13.2. The van der Waals surface area contributed by atoms with Crippen LogP contribution in [0.4, 0.5) is 0 Å². The average Bonchev–Trinajstić information content (AvgIpc) is 2.19. The van der Waals surface area contributed by atoms with E-state index >= 15 is 0 Å². The van der Waals surface area contributed by atoms with Gasteiger partial charge in [0, 0.05) is 0 Å². The maximum Gasteiger partial charge on any atom is 0.376 e. The Bertz CT molecular complexity index is 444. The number of thioether (sulfide) groups is 1. The van der Waals surface area contributed by atoms with Crippen molar-refractivity contribution >= 4 is 40.3 Å². The molecule has 0 spiro atoms. The van der Waals surface area contributed by atoms with Crippen LogP contribution >= 0.6 is 34.4 Å². The minimum atomic E-state index is -0.531. The lowest BCUT2D eigenvalue weighted by Crippen LogP contribution is -2.25. The van der Waals surface area contributed by atoms with Crippen LogP contribution in [0.25, 0.3) is 0 Å². The van der Waals surface area contributed by atoms with Crippen LogP contribution in [0, 0.1) is 10.5 Å². The summed E-state index contributed by atoms with van der Waals surface area (Å²) in [5.74, 6) is -0.352. The van der Waals surface area contributed by atoms with E-state index in [0.717, 1.165) is 14.3 Å². The van der Waals surface area contributed by atoms with Crippen molar-refractivity contribution in [2.75, 3.05) is 6.26 Å². The van der Waals surface area contributed by atoms with Gasteiger partial charge in [-0.2, -0.15) is 0 Å². The highest BCUT2D eigenvalue weighted by atomic mass is 127. The molecular weight excluding hydrogens is 351 g/mol. The number of rotatable bonds is 2. The summed E-state index contributed by atoms with van der Waals surface area (Å²) in [6, 6.07) is 0. The van der Waals surface area contributed by atoms with Gasteiger partial charge in [0.15, 0.2) is 0 Å². The number of aryl methyl sites for hydroxylation is 1. The van der Waals surface area contributed by atoms with Crippen LogP contribution in [0.15, 0.2) is 5.03 Å². The number of aromatic nitrogens is 2. The van der Waals surface area contributed by atoms with Crippen LogP contribution in [0.3, 0.4) is 0 Å². The highest BCUT2D eigenvalue weighted by Crippen LogP contribution is 2.22. The lowest BCUT2D eigenvalue weighted by atomic mass is 10.2. The molecule has 17 heavy (non-hydrogen) atoms. The summed E-state index contributed by atoms with van der Waals surface area (Å²) in [6.07, 6.45) is 1.92. The van der Waals surface area contributed by atoms with Gasteiger partial charge in [0.05, 0.1) is 9.26 Å². The first-order chi connectivity index (χ1) is 7.74. The van der Waals surface area contributed by atoms with Crippen LogP contribution in [0.5, 0.6) is 0 Å². The summed E-state index contributed by atoms with van der Waals surface area (Å²) in [5, 5.41) is 0.805. The summed E-state index contributed by atoms with van der Waals surface area (Å²) < 4.78 is 6.22. The summed E-state index contributed by atoms with van der Waals surface area (Å²) in [4.78, 5) is 20.2. The minimum absolute atomic E-state index is 0.127. The van der Waals surface area contributed by atoms with Gasteiger partial charge in [-0.3, -0.25) is 0 Å². The second-order valence-electron chi connectivity index (χ2n) is 4.46. The number of carbonyl (C=O) groups is 1. The Kier molecular flexibility index (Phi) is 4.77. The number of esters is 1. The molecule has 0 saturated carbocycles. The van der Waals surface area contributed by atoms with E-state index in [9.17, 15) is 4.79 Å². The number of halogens is 1. The van der Waals surface area contributed by atoms with Gasteiger partial charge in [0.1, 0.15) is 10.6 Å². The van der Waals surface area contributed by atoms with Gasteiger partial charge in [-0.25, -0.2) is 14.8 Å². The third kappa shape index (κ3) is 4.09. The van der Waals surface area contributed by atoms with Crippen molar-refractivity contribution in [3.05, 3.63) is 15.1 Å². The number of ether oxygens (including phenoxy) is 1. The molecule has 0 saturated heterocycles. The third-order valence-corrected chi connectivity index (χ3v) is 4.10. The molecule has 4 nitrogen and oxygen atoms in total. The maximum atomic E-state index is 11.8. The number of nitrogens with zero attached hydrogens (tertiary/aromatic N) is 2. The molecular formula is C11H15IN2O2S. The predicted molar refractivity (Wildman–Crippen MR) is 76.4 cm³/mol. The predicted octanol–water partition coefficient (Wildman–Crippen LogP) is 3.07. The molecule has 0 amide bonds. The highest BCUT2D eigenvalue weighted by molar-refractivity contribution is 14.1. The van der Waals surface area contributed by atoms with Crippen molar-refractivity contribution < 1.29 is 9.53 Å². The third-order valence-electron chi connectivity index (χ3n) is 1.76. The van der Waals surface area contributed by atoms with E-state index in [4.69, 9.17) is 4.74 Å². The van der Waals surface area contributed by atoms with E-state index in [1.165, 1.54) is 11.8 Å². The topological polar surface area (TPSA) is 52.1 Å². The molecule has 94 valence electrons. The molecule has 1 heterocycles. The number of hydrogen-bond acceptors (Lipinski definition) is 5. The smallest absolute Gasteiger partial charge is 0.376 e. The molecule has 0 bridgehead atoms. The van der Waals surface area contributed by atoms with Gasteiger partial charge < -0.3 is 4.74 Å². The molecule has 0 aliphatic heterocycles. The molecule has 1 rings (SSSR count). The fourth-order valence-electron chi connectivity index (χ4n) is 1.08. The van der Waals surface area contributed by atoms with E-state index in [-0.39, 0.29) is 5.82 Å². The largest absolute Gasteiger partial charge is 0.454 e. The fourth-order valence-corrected chi connectivity index (χ4v) is 2.49. The monoisotopic (exact) mass is 366 g/mol. The molecule has 0 radical (unpaired) electrons. The van der Waals surface area contributed by atoms with Crippen LogP contribution < -0.4 is 0 Å². The minimum Gasteiger partial charge on any atom is -0.454 e. The quantitative estimate of drug-likeness (QED) is 0.349. The zero-order valence-corrected chi connectivity index (χ0v) is 13.5. The van der Waals surface area contributed by atoms with Crippen molar-refractivity contribution in [2.24, 2.45) is 0 Å². The van der Waals surface area contributed by atoms with E-state index in [2.05, 4.69) is 32.6 Å². The summed E-state index contributed by atoms with van der Waals surface area (Å²) in [7, 11) is 0. The van der Waals surface area contributed by atoms with E-state index in [0.29, 0.717) is 0 Å². The summed E-state index contributed by atoms with van der Waals surface area (Å²) >= 11 is 3.67. The van der Waals surface area contributed by atoms with Crippen LogP contribution in [0.1, 0.15) is 37.1 Å². The van der Waals surface area contributed by atoms with Crippen molar-refractivity contribution in [1.82, 2.24) is 9.97 Å². The second-order valence-corrected chi connectivity index (χ2v) is 6.33. The molecule has 6 heteroatoms. The van der Waals surface area contributed by atoms with Crippen molar-refractivity contribution in [2.45, 2.75) is 38.3 Å². The summed E-state index contributed by atoms with van der Waals surface area (Å²) in [6.45, 7) is 7.32. The van der Waals surface area contributed by atoms with Gasteiger partial charge in [0.2, 0.25) is 5.82 Å². The lowest BCUT2D eigenvalue weighted by Gasteiger charge is -2.19. The first kappa shape index (κ1) is 14.7. The van der Waals surface area contributed by atoms with Crippen LogP contribution in [0.2, 0.25) is 0 Å². The Hall–Kier alpha value is -0.370. The van der Waals surface area contributed by atoms with E-state index in [1.807, 2.05) is 34.0 Å². The SMILES string of the molecule is CSc1nc(C(=O)OC(C)(C)C)nc(C)c1I. The summed E-state index contributed by atoms with van der Waals surface area (Å²) in [5.41, 5.74) is 0.266. The molecule has 0 aliphatic carbocycles. The van der Waals surface area contributed by atoms with Gasteiger partial charge in [-0.05, 0) is 56.5 Å². The molecule has 1 aromatic rings. The van der Waals surface area contributed by atoms with E-state index in [1.54, 1.807) is 0 Å². The van der Waals surface area contributed by atoms with Crippen molar-refractivity contribution in [1.29, 1.82) is 0 Å². The van der Waals surface area contributed by atoms with Gasteiger partial charge in [-0.1, -0.05) is 0 Å². The molecule has 1 aromatic heterocycles. The molecule has 0 unspecified atom stereocenters. The Morgan fingerprint density at radius 3 is 2.41 bits per heavy atom. The van der Waals surface area contributed by atoms with Gasteiger partial charge in [-0.15, -0.1) is 11.8 Å². The Morgan fingerprint density at radius 1 is 1.35 bits per heavy atom. The van der Waals surface area contributed by atoms with Crippen LogP contribution in [-0.4, -0.2) is 27.8 Å². The highest BCUT2D eigenvalue weighted by Gasteiger charge is 2.21. The Balaban J connectivity index is 3.07. The Morgan fingerprint density at radius 2 is 1.94 bits per heavy atom. The molecule has 0 N–H and O–H groups in total. The van der Waals surface area contributed by atoms with Gasteiger partial charge in [0.25, 0.3) is 0 Å². The van der Waals surface area contributed by atoms with Crippen molar-refractivity contribution in [3.63, 3.8) is 0 Å². The first-order valence-electron chi connectivity index (χ1n) is 5.06. The van der Waals surface area contributed by atoms with Crippen molar-refractivity contribution in [3.8, 4) is 0 Å². The molecule has 0 aliphatic rings. The first-order valence-corrected chi connectivity index (χ1v) is 7.36.